The maximum atomic E-state index is 13.1. The van der Waals surface area contributed by atoms with E-state index < -0.39 is 47.8 Å². The predicted octanol–water partition coefficient (Wildman–Crippen LogP) is 21.5. The summed E-state index contributed by atoms with van der Waals surface area (Å²) in [5, 5.41) is 57.4. The van der Waals surface area contributed by atoms with E-state index in [1.807, 2.05) is 74.5 Å². The molecule has 4 atom stereocenters. The Balaban J connectivity index is 0.000000179. The average molecular weight is 1780 g/mol. The van der Waals surface area contributed by atoms with Gasteiger partial charge < -0.3 is 31.9 Å². The second-order valence-electron chi connectivity index (χ2n) is 25.4. The molecule has 3 unspecified atom stereocenters. The number of carbonyl (C=O) groups is 6. The summed E-state index contributed by atoms with van der Waals surface area (Å²) in [5.41, 5.74) is 8.82. The predicted molar refractivity (Wildman–Crippen MR) is 469 cm³/mol. The molecule has 0 saturated heterocycles. The van der Waals surface area contributed by atoms with Crippen molar-refractivity contribution in [1.29, 1.82) is 21.5 Å². The Morgan fingerprint density at radius 2 is 0.778 bits per heavy atom. The first-order chi connectivity index (χ1) is 56.0. The molecule has 1 heterocycles. The molecule has 1 aromatic heterocycles. The zero-order chi connectivity index (χ0) is 84.4. The number of hydrogen-bond acceptors (Lipinski definition) is 12. The van der Waals surface area contributed by atoms with Crippen LogP contribution in [0, 0.1) is 41.4 Å². The number of rotatable bonds is 20. The van der Waals surface area contributed by atoms with Crippen LogP contribution in [0.3, 0.4) is 0 Å². The number of nitrogens with zero attached hydrogens (tertiary/aromatic N) is 2. The Morgan fingerprint density at radius 1 is 0.359 bits per heavy atom. The van der Waals surface area contributed by atoms with Crippen molar-refractivity contribution in [3.05, 3.63) is 412 Å². The van der Waals surface area contributed by atoms with Gasteiger partial charge in [-0.3, -0.25) is 55.3 Å². The monoisotopic (exact) mass is 1770 g/mol. The summed E-state index contributed by atoms with van der Waals surface area (Å²) in [6.45, 7) is 4.15. The number of aromatic nitrogens is 1. The van der Waals surface area contributed by atoms with Gasteiger partial charge in [0.25, 0.3) is 29.5 Å². The molecule has 0 spiro atoms. The van der Waals surface area contributed by atoms with Crippen LogP contribution in [0.4, 0.5) is 0 Å². The molecule has 0 aliphatic carbocycles. The molecule has 12 aromatic rings. The molecule has 0 saturated carbocycles. The van der Waals surface area contributed by atoms with Crippen molar-refractivity contribution < 1.29 is 28.8 Å². The van der Waals surface area contributed by atoms with E-state index in [0.29, 0.717) is 108 Å². The van der Waals surface area contributed by atoms with Crippen LogP contribution in [0.15, 0.2) is 273 Å². The summed E-state index contributed by atoms with van der Waals surface area (Å²) in [6.07, 6.45) is 1.55. The minimum atomic E-state index is -1.14. The van der Waals surface area contributed by atoms with Crippen molar-refractivity contribution in [2.75, 3.05) is 0 Å². The quantitative estimate of drug-likeness (QED) is 0.0256. The van der Waals surface area contributed by atoms with Crippen LogP contribution in [0.2, 0.25) is 55.2 Å². The van der Waals surface area contributed by atoms with Gasteiger partial charge in [-0.15, -0.1) is 0 Å². The van der Waals surface area contributed by atoms with E-state index >= 15 is 0 Å². The van der Waals surface area contributed by atoms with Gasteiger partial charge in [-0.25, -0.2) is 0 Å². The topological polar surface area (TPSA) is 295 Å². The van der Waals surface area contributed by atoms with Crippen LogP contribution in [0.25, 0.3) is 0 Å². The van der Waals surface area contributed by atoms with Gasteiger partial charge in [0.1, 0.15) is 35.6 Å². The van der Waals surface area contributed by atoms with E-state index in [2.05, 4.69) is 42.2 Å². The molecule has 18 nitrogen and oxygen atoms in total. The first-order valence-electron chi connectivity index (χ1n) is 35.0. The smallest absolute Gasteiger partial charge is 0.252 e. The number of amidine groups is 3. The van der Waals surface area contributed by atoms with Crippen LogP contribution < -0.4 is 37.2 Å². The average Bonchev–Trinajstić information content (AvgIpc) is 0.828. The number of nitrogens with one attached hydrogen (secondary N) is 10. The molecule has 29 heteroatoms. The van der Waals surface area contributed by atoms with Crippen molar-refractivity contribution in [3.63, 3.8) is 0 Å². The van der Waals surface area contributed by atoms with Gasteiger partial charge in [-0.2, -0.15) is 5.26 Å². The van der Waals surface area contributed by atoms with E-state index in [-0.39, 0.29) is 44.9 Å². The molecule has 117 heavy (non-hydrogen) atoms. The van der Waals surface area contributed by atoms with Gasteiger partial charge in [0, 0.05) is 66.2 Å². The van der Waals surface area contributed by atoms with Crippen LogP contribution in [-0.2, 0) is 20.9 Å². The van der Waals surface area contributed by atoms with E-state index in [1.54, 1.807) is 164 Å². The van der Waals surface area contributed by atoms with Gasteiger partial charge in [0.15, 0.2) is 0 Å². The normalized spacial score (nSPS) is 11.5. The fraction of sp³-hybridized carbons (Fsp3) is 0.0795. The number of hydrogen-bond donors (Lipinski definition) is 10. The molecular weight excluding hydrogens is 1710 g/mol. The molecule has 6 amide bonds. The molecule has 0 aliphatic rings. The van der Waals surface area contributed by atoms with Crippen molar-refractivity contribution in [3.8, 4) is 6.07 Å². The van der Waals surface area contributed by atoms with E-state index in [9.17, 15) is 28.8 Å². The Hall–Kier alpha value is -11.0. The van der Waals surface area contributed by atoms with E-state index in [0.717, 1.165) is 22.3 Å². The minimum Gasteiger partial charge on any atom is -0.340 e. The number of carbonyl (C=O) groups excluding carboxylic acids is 6. The third kappa shape index (κ3) is 26.5. The van der Waals surface area contributed by atoms with Gasteiger partial charge in [0.2, 0.25) is 5.91 Å². The maximum absolute atomic E-state index is 13.1. The largest absolute Gasteiger partial charge is 0.340 e. The lowest BCUT2D eigenvalue weighted by molar-refractivity contribution is -0.122. The van der Waals surface area contributed by atoms with Crippen LogP contribution in [0.5, 0.6) is 0 Å². The Bertz CT molecular complexity index is 5590. The number of nitriles is 1. The molecule has 592 valence electrons. The molecule has 0 aliphatic heterocycles. The van der Waals surface area contributed by atoms with Crippen LogP contribution in [-0.4, -0.2) is 57.9 Å². The first-order valence-corrected chi connectivity index (χ1v) is 39.2. The molecule has 0 bridgehead atoms. The molecule has 11 aromatic carbocycles. The number of amides is 6. The lowest BCUT2D eigenvalue weighted by atomic mass is 10.0. The van der Waals surface area contributed by atoms with Crippen molar-refractivity contribution in [1.82, 2.24) is 42.2 Å². The zero-order valence-electron chi connectivity index (χ0n) is 61.5. The van der Waals surface area contributed by atoms with Crippen molar-refractivity contribution in [2.45, 2.75) is 44.6 Å². The Labute approximate surface area is 729 Å². The molecular formula is C88H67Cl11N12O6. The van der Waals surface area contributed by atoms with Crippen LogP contribution in [0.1, 0.15) is 122 Å². The maximum Gasteiger partial charge on any atom is 0.252 e. The highest BCUT2D eigenvalue weighted by Crippen LogP contribution is 2.32. The lowest BCUT2D eigenvalue weighted by Gasteiger charge is -2.20. The summed E-state index contributed by atoms with van der Waals surface area (Å²) in [7, 11) is 0. The number of halogens is 11. The Morgan fingerprint density at radius 3 is 1.22 bits per heavy atom. The zero-order valence-corrected chi connectivity index (χ0v) is 69.8. The molecule has 0 fully saturated rings. The second-order valence-corrected chi connectivity index (χ2v) is 30.0. The minimum absolute atomic E-state index is 0.0198. The van der Waals surface area contributed by atoms with E-state index in [4.69, 9.17) is 149 Å². The highest BCUT2D eigenvalue weighted by molar-refractivity contribution is 6.43. The molecule has 0 radical (unpaired) electrons. The fourth-order valence-electron chi connectivity index (χ4n) is 11.1. The van der Waals surface area contributed by atoms with Gasteiger partial charge in [0.05, 0.1) is 58.5 Å². The second kappa shape index (κ2) is 43.8. The number of aryl methyl sites for hydroxylation is 1. The summed E-state index contributed by atoms with van der Waals surface area (Å²) in [5.74, 6) is -3.04. The first kappa shape index (κ1) is 90.0. The number of pyridine rings is 1. The summed E-state index contributed by atoms with van der Waals surface area (Å²) in [4.78, 5) is 81.8. The van der Waals surface area contributed by atoms with Gasteiger partial charge >= 0.3 is 0 Å². The van der Waals surface area contributed by atoms with Gasteiger partial charge in [-0.05, 0) is 180 Å². The van der Waals surface area contributed by atoms with Crippen LogP contribution >= 0.6 is 128 Å². The molecule has 10 N–H and O–H groups in total. The standard InChI is InChI=1S/C23H18Cl3N3O2.C23H20Cl3N3O.C23H16Cl2N4O2.C19H13Cl3N2O/c1-13-9-16(11-17(24)10-13)22(30)28-20(15-7-8-18(25)19(26)12-15)23(31)29-21(27)14-5-3-2-4-6-14;1-14-17(8-5-9-18(14)24)13-28-21(16-10-11-19(25)20(26)12-16)23(30)29-22(27)15-6-3-2-4-7-15;24-18-11-10-17(12-19(18)25)20(23(31)29-21(27)15-4-2-1-3-5-15)28-22(30)16-8-6-14(13-26)7-9-16;20-14-6-4-12(5-7-14)18(17-9-8-16(22)11-23-17)24-19(25)13-2-1-3-15(21)10-13/h2-12,20H,1H3,(H,28,30)(H2,27,29,31);2-12,21,28H,13H2,1H3,(H2,27,29,30);1-12,20H,(H,28,30)(H2,27,29,31);1-11,18H,(H,24,25)/t;;;18-/m...1/s1. The number of benzene rings is 11. The fourth-order valence-corrected chi connectivity index (χ4v) is 12.9. The van der Waals surface area contributed by atoms with E-state index in [1.165, 1.54) is 54.6 Å². The highest BCUT2D eigenvalue weighted by atomic mass is 35.5. The van der Waals surface area contributed by atoms with Crippen molar-refractivity contribution >= 4 is 181 Å². The van der Waals surface area contributed by atoms with Crippen molar-refractivity contribution in [2.24, 2.45) is 0 Å². The Kier molecular flexibility index (Phi) is 33.7. The summed E-state index contributed by atoms with van der Waals surface area (Å²) < 4.78 is 0. The third-order valence-corrected chi connectivity index (χ3v) is 20.7. The third-order valence-electron chi connectivity index (χ3n) is 17.2. The SMILES string of the molecule is Cc1c(Cl)cccc1CNC(C(=O)NC(=N)c1ccccc1)c1ccc(Cl)c(Cl)c1.Cc1cc(Cl)cc(C(=O)NC(C(=O)NC(=N)c2ccccc2)c2ccc(Cl)c(Cl)c2)c1.N#Cc1ccc(C(=O)NC(C(=O)NC(=N)c2ccccc2)c2ccc(Cl)c(Cl)c2)cc1.O=C(N[C@H](c1ccc(Cl)cc1)c1ccc(Cl)cn1)c1cccc(Cl)c1. The van der Waals surface area contributed by atoms with Gasteiger partial charge in [-0.1, -0.05) is 267 Å². The summed E-state index contributed by atoms with van der Waals surface area (Å²) in [6, 6.07) is 73.2. The summed E-state index contributed by atoms with van der Waals surface area (Å²) >= 11 is 66.6. The highest BCUT2D eigenvalue weighted by Gasteiger charge is 2.29. The lowest BCUT2D eigenvalue weighted by Crippen LogP contribution is -2.42. The molecule has 12 rings (SSSR count).